The lowest BCUT2D eigenvalue weighted by Crippen LogP contribution is -1.99. The topological polar surface area (TPSA) is 28.7 Å². The van der Waals surface area contributed by atoms with Crippen molar-refractivity contribution in [3.05, 3.63) is 108 Å². The van der Waals surface area contributed by atoms with E-state index in [1.807, 2.05) is 24.3 Å². The van der Waals surface area contributed by atoms with Gasteiger partial charge in [-0.25, -0.2) is 0 Å². The number of nitriles is 1. The molecule has 0 aliphatic carbocycles. The number of fused-ring (bicyclic) bond motifs is 3. The molecule has 1 heterocycles. The minimum Gasteiger partial charge on any atom is -0.336 e. The Morgan fingerprint density at radius 3 is 1.86 bits per heavy atom. The molecule has 0 N–H and O–H groups in total. The summed E-state index contributed by atoms with van der Waals surface area (Å²) in [6.45, 7) is 0.814. The maximum atomic E-state index is 9.35. The first-order valence-electron chi connectivity index (χ1n) is 9.39. The summed E-state index contributed by atoms with van der Waals surface area (Å²) in [5, 5.41) is 11.9. The molecule has 0 aliphatic heterocycles. The molecule has 0 fully saturated rings. The fraction of sp³-hybridized carbons (Fsp3) is 0.0385. The van der Waals surface area contributed by atoms with Crippen molar-refractivity contribution >= 4 is 21.8 Å². The molecule has 0 saturated heterocycles. The minimum absolute atomic E-state index is 0.706. The van der Waals surface area contributed by atoms with Crippen LogP contribution in [0.25, 0.3) is 32.9 Å². The van der Waals surface area contributed by atoms with Gasteiger partial charge >= 0.3 is 0 Å². The van der Waals surface area contributed by atoms with Crippen LogP contribution in [0.4, 0.5) is 0 Å². The summed E-state index contributed by atoms with van der Waals surface area (Å²) < 4.78 is 2.38. The third kappa shape index (κ3) is 2.66. The van der Waals surface area contributed by atoms with E-state index in [0.29, 0.717) is 5.56 Å². The van der Waals surface area contributed by atoms with Crippen LogP contribution < -0.4 is 0 Å². The van der Waals surface area contributed by atoms with Gasteiger partial charge in [-0.2, -0.15) is 5.26 Å². The lowest BCUT2D eigenvalue weighted by atomic mass is 9.99. The maximum absolute atomic E-state index is 9.35. The number of hydrogen-bond donors (Lipinski definition) is 0. The van der Waals surface area contributed by atoms with Gasteiger partial charge in [0.15, 0.2) is 0 Å². The fourth-order valence-corrected chi connectivity index (χ4v) is 3.98. The van der Waals surface area contributed by atoms with Crippen molar-refractivity contribution < 1.29 is 0 Å². The molecular formula is C26H18N2. The van der Waals surface area contributed by atoms with Gasteiger partial charge in [-0.1, -0.05) is 78.9 Å². The summed E-state index contributed by atoms with van der Waals surface area (Å²) in [5.74, 6) is 0. The van der Waals surface area contributed by atoms with Crippen molar-refractivity contribution in [1.29, 1.82) is 5.26 Å². The quantitative estimate of drug-likeness (QED) is 0.368. The van der Waals surface area contributed by atoms with E-state index in [9.17, 15) is 5.26 Å². The van der Waals surface area contributed by atoms with E-state index in [1.165, 1.54) is 27.4 Å². The van der Waals surface area contributed by atoms with E-state index in [-0.39, 0.29) is 0 Å². The van der Waals surface area contributed by atoms with Crippen molar-refractivity contribution in [3.63, 3.8) is 0 Å². The summed E-state index contributed by atoms with van der Waals surface area (Å²) >= 11 is 0. The standard InChI is InChI=1S/C26H18N2/c27-17-21-7-1-2-8-22(21)20-15-13-19(14-16-20)18-28-25-11-5-3-9-23(25)24-10-4-6-12-26(24)28/h1-16H,18H2. The van der Waals surface area contributed by atoms with Crippen LogP contribution in [0.3, 0.4) is 0 Å². The van der Waals surface area contributed by atoms with Gasteiger partial charge in [0.1, 0.15) is 0 Å². The van der Waals surface area contributed by atoms with E-state index < -0.39 is 0 Å². The molecule has 0 amide bonds. The number of benzene rings is 4. The lowest BCUT2D eigenvalue weighted by molar-refractivity contribution is 0.869. The Bertz CT molecular complexity index is 1280. The number of hydrogen-bond acceptors (Lipinski definition) is 1. The molecule has 132 valence electrons. The number of rotatable bonds is 3. The smallest absolute Gasteiger partial charge is 0.0998 e. The first kappa shape index (κ1) is 16.4. The van der Waals surface area contributed by atoms with Gasteiger partial charge in [-0.3, -0.25) is 0 Å². The predicted molar refractivity (Wildman–Crippen MR) is 115 cm³/mol. The molecular weight excluding hydrogens is 340 g/mol. The molecule has 5 aromatic rings. The second kappa shape index (κ2) is 6.72. The molecule has 4 aromatic carbocycles. The molecule has 2 nitrogen and oxygen atoms in total. The number of aromatic nitrogens is 1. The van der Waals surface area contributed by atoms with Crippen LogP contribution in [0.2, 0.25) is 0 Å². The zero-order valence-electron chi connectivity index (χ0n) is 15.3. The molecule has 0 unspecified atom stereocenters. The zero-order chi connectivity index (χ0) is 18.9. The summed E-state index contributed by atoms with van der Waals surface area (Å²) in [4.78, 5) is 0. The molecule has 0 radical (unpaired) electrons. The normalized spacial score (nSPS) is 11.0. The van der Waals surface area contributed by atoms with E-state index in [2.05, 4.69) is 83.4 Å². The monoisotopic (exact) mass is 358 g/mol. The highest BCUT2D eigenvalue weighted by atomic mass is 15.0. The minimum atomic E-state index is 0.706. The molecule has 0 bridgehead atoms. The van der Waals surface area contributed by atoms with E-state index in [0.717, 1.165) is 17.7 Å². The Balaban J connectivity index is 1.56. The fourth-order valence-electron chi connectivity index (χ4n) is 3.98. The SMILES string of the molecule is N#Cc1ccccc1-c1ccc(Cn2c3ccccc3c3ccccc32)cc1. The van der Waals surface area contributed by atoms with Crippen LogP contribution in [0, 0.1) is 11.3 Å². The molecule has 5 rings (SSSR count). The highest BCUT2D eigenvalue weighted by Crippen LogP contribution is 2.30. The molecule has 0 spiro atoms. The first-order valence-corrected chi connectivity index (χ1v) is 9.39. The van der Waals surface area contributed by atoms with Crippen molar-refractivity contribution in [1.82, 2.24) is 4.57 Å². The highest BCUT2D eigenvalue weighted by Gasteiger charge is 2.10. The Labute approximate surface area is 163 Å². The predicted octanol–water partition coefficient (Wildman–Crippen LogP) is 6.38. The van der Waals surface area contributed by atoms with Gasteiger partial charge in [0.2, 0.25) is 0 Å². The Morgan fingerprint density at radius 2 is 1.21 bits per heavy atom. The van der Waals surface area contributed by atoms with E-state index in [4.69, 9.17) is 0 Å². The Kier molecular flexibility index (Phi) is 3.92. The summed E-state index contributed by atoms with van der Waals surface area (Å²) in [6, 6.07) is 35.7. The molecule has 0 aliphatic rings. The van der Waals surface area contributed by atoms with Crippen LogP contribution in [-0.4, -0.2) is 4.57 Å². The van der Waals surface area contributed by atoms with Gasteiger partial charge < -0.3 is 4.57 Å². The number of para-hydroxylation sites is 2. The maximum Gasteiger partial charge on any atom is 0.0998 e. The summed E-state index contributed by atoms with van der Waals surface area (Å²) in [5.41, 5.74) is 6.50. The third-order valence-corrected chi connectivity index (χ3v) is 5.33. The van der Waals surface area contributed by atoms with Crippen molar-refractivity contribution in [2.45, 2.75) is 6.54 Å². The molecule has 28 heavy (non-hydrogen) atoms. The van der Waals surface area contributed by atoms with Gasteiger partial charge in [0.05, 0.1) is 11.6 Å². The van der Waals surface area contributed by atoms with E-state index in [1.54, 1.807) is 0 Å². The summed E-state index contributed by atoms with van der Waals surface area (Å²) in [7, 11) is 0. The van der Waals surface area contributed by atoms with Crippen molar-refractivity contribution in [2.24, 2.45) is 0 Å². The second-order valence-electron chi connectivity index (χ2n) is 6.97. The van der Waals surface area contributed by atoms with Crippen LogP contribution >= 0.6 is 0 Å². The Hall–Kier alpha value is -3.83. The van der Waals surface area contributed by atoms with Gasteiger partial charge in [-0.05, 0) is 34.9 Å². The van der Waals surface area contributed by atoms with Crippen molar-refractivity contribution in [2.75, 3.05) is 0 Å². The molecule has 2 heteroatoms. The average molecular weight is 358 g/mol. The van der Waals surface area contributed by atoms with Gasteiger partial charge in [-0.15, -0.1) is 0 Å². The second-order valence-corrected chi connectivity index (χ2v) is 6.97. The number of nitrogens with zero attached hydrogens (tertiary/aromatic N) is 2. The first-order chi connectivity index (χ1) is 13.8. The lowest BCUT2D eigenvalue weighted by Gasteiger charge is -2.09. The molecule has 0 saturated carbocycles. The average Bonchev–Trinajstić information content (AvgIpc) is 3.08. The largest absolute Gasteiger partial charge is 0.336 e. The third-order valence-electron chi connectivity index (χ3n) is 5.33. The van der Waals surface area contributed by atoms with Crippen molar-refractivity contribution in [3.8, 4) is 17.2 Å². The van der Waals surface area contributed by atoms with Crippen LogP contribution in [0.5, 0.6) is 0 Å². The Morgan fingerprint density at radius 1 is 0.643 bits per heavy atom. The molecule has 1 aromatic heterocycles. The van der Waals surface area contributed by atoms with Gasteiger partial charge in [0.25, 0.3) is 0 Å². The van der Waals surface area contributed by atoms with E-state index >= 15 is 0 Å². The van der Waals surface area contributed by atoms with Crippen LogP contribution in [0.15, 0.2) is 97.1 Å². The summed E-state index contributed by atoms with van der Waals surface area (Å²) in [6.07, 6.45) is 0. The van der Waals surface area contributed by atoms with Gasteiger partial charge in [0, 0.05) is 28.4 Å². The van der Waals surface area contributed by atoms with Crippen LogP contribution in [-0.2, 0) is 6.54 Å². The zero-order valence-corrected chi connectivity index (χ0v) is 15.3. The molecule has 0 atom stereocenters. The highest BCUT2D eigenvalue weighted by molar-refractivity contribution is 6.08. The van der Waals surface area contributed by atoms with Crippen LogP contribution in [0.1, 0.15) is 11.1 Å².